The Kier molecular flexibility index (Phi) is 5.93. The van der Waals surface area contributed by atoms with Crippen LogP contribution in [0.3, 0.4) is 0 Å². The van der Waals surface area contributed by atoms with Gasteiger partial charge in [-0.2, -0.15) is 4.31 Å². The molecular weight excluding hydrogens is 414 g/mol. The van der Waals surface area contributed by atoms with Crippen molar-refractivity contribution < 1.29 is 17.6 Å². The van der Waals surface area contributed by atoms with Gasteiger partial charge >= 0.3 is 0 Å². The maximum absolute atomic E-state index is 13.2. The Morgan fingerprint density at radius 1 is 1.06 bits per heavy atom. The highest BCUT2D eigenvalue weighted by Crippen LogP contribution is 2.27. The lowest BCUT2D eigenvalue weighted by Crippen LogP contribution is -2.49. The van der Waals surface area contributed by atoms with Gasteiger partial charge in [0.05, 0.1) is 4.90 Å². The van der Waals surface area contributed by atoms with Crippen molar-refractivity contribution in [2.75, 3.05) is 11.9 Å². The van der Waals surface area contributed by atoms with Crippen LogP contribution in [0.4, 0.5) is 5.69 Å². The van der Waals surface area contributed by atoms with Crippen LogP contribution in [-0.2, 0) is 14.8 Å². The molecule has 1 fully saturated rings. The van der Waals surface area contributed by atoms with Gasteiger partial charge in [0.25, 0.3) is 0 Å². The number of anilines is 1. The summed E-state index contributed by atoms with van der Waals surface area (Å²) >= 11 is 0. The van der Waals surface area contributed by atoms with E-state index in [0.29, 0.717) is 24.5 Å². The normalized spacial score (nSPS) is 17.4. The molecule has 1 saturated heterocycles. The summed E-state index contributed by atoms with van der Waals surface area (Å²) in [6.45, 7) is 4.01. The van der Waals surface area contributed by atoms with Crippen molar-refractivity contribution >= 4 is 21.6 Å². The van der Waals surface area contributed by atoms with Crippen molar-refractivity contribution in [3.05, 3.63) is 66.2 Å². The molecule has 0 spiro atoms. The molecule has 1 atom stereocenters. The number of aromatic nitrogens is 1. The first-order valence-electron chi connectivity index (χ1n) is 10.3. The number of benzene rings is 2. The molecule has 0 saturated carbocycles. The molecule has 8 heteroatoms. The highest BCUT2D eigenvalue weighted by molar-refractivity contribution is 7.89. The van der Waals surface area contributed by atoms with Gasteiger partial charge in [0.2, 0.25) is 15.9 Å². The number of hydrogen-bond donors (Lipinski definition) is 1. The third-order valence-electron chi connectivity index (χ3n) is 5.45. The molecule has 0 unspecified atom stereocenters. The van der Waals surface area contributed by atoms with Gasteiger partial charge in [0.1, 0.15) is 18.0 Å². The van der Waals surface area contributed by atoms with E-state index in [-0.39, 0.29) is 10.8 Å². The molecule has 4 rings (SSSR count). The topological polar surface area (TPSA) is 92.5 Å². The van der Waals surface area contributed by atoms with Crippen LogP contribution >= 0.6 is 0 Å². The Balaban J connectivity index is 1.51. The number of carbonyl (C=O) groups excluding carboxylic acids is 1. The van der Waals surface area contributed by atoms with E-state index >= 15 is 0 Å². The van der Waals surface area contributed by atoms with Crippen molar-refractivity contribution in [2.24, 2.45) is 0 Å². The minimum atomic E-state index is -3.75. The summed E-state index contributed by atoms with van der Waals surface area (Å²) in [6, 6.07) is 13.2. The van der Waals surface area contributed by atoms with Crippen LogP contribution in [0.5, 0.6) is 0 Å². The Morgan fingerprint density at radius 3 is 2.42 bits per heavy atom. The van der Waals surface area contributed by atoms with E-state index in [1.54, 1.807) is 49.6 Å². The number of rotatable bonds is 5. The molecule has 162 valence electrons. The third-order valence-corrected chi connectivity index (χ3v) is 7.37. The lowest BCUT2D eigenvalue weighted by Gasteiger charge is -2.33. The quantitative estimate of drug-likeness (QED) is 0.645. The molecule has 1 aliphatic rings. The number of nitrogens with zero attached hydrogens (tertiary/aromatic N) is 2. The molecule has 1 amide bonds. The van der Waals surface area contributed by atoms with Gasteiger partial charge < -0.3 is 9.73 Å². The van der Waals surface area contributed by atoms with Gasteiger partial charge in [0.15, 0.2) is 5.89 Å². The van der Waals surface area contributed by atoms with E-state index in [2.05, 4.69) is 10.3 Å². The molecule has 1 N–H and O–H groups in total. The average molecular weight is 440 g/mol. The maximum atomic E-state index is 13.2. The maximum Gasteiger partial charge on any atom is 0.243 e. The molecule has 0 bridgehead atoms. The van der Waals surface area contributed by atoms with E-state index in [1.165, 1.54) is 4.31 Å². The number of aryl methyl sites for hydroxylation is 2. The zero-order valence-corrected chi connectivity index (χ0v) is 18.4. The Labute approximate surface area is 182 Å². The van der Waals surface area contributed by atoms with Crippen LogP contribution in [0.2, 0.25) is 0 Å². The second kappa shape index (κ2) is 8.64. The molecule has 0 radical (unpaired) electrons. The lowest BCUT2D eigenvalue weighted by molar-refractivity contribution is -0.120. The number of nitrogens with one attached hydrogen (secondary N) is 1. The van der Waals surface area contributed by atoms with E-state index in [1.807, 2.05) is 19.1 Å². The molecule has 1 aromatic heterocycles. The monoisotopic (exact) mass is 439 g/mol. The Morgan fingerprint density at radius 2 is 1.77 bits per heavy atom. The molecular formula is C23H25N3O4S. The number of sulfonamides is 1. The van der Waals surface area contributed by atoms with Crippen molar-refractivity contribution in [3.8, 4) is 11.3 Å². The van der Waals surface area contributed by atoms with Gasteiger partial charge in [-0.15, -0.1) is 0 Å². The van der Waals surface area contributed by atoms with Crippen LogP contribution in [0.15, 0.2) is 64.1 Å². The summed E-state index contributed by atoms with van der Waals surface area (Å²) in [7, 11) is -3.75. The summed E-state index contributed by atoms with van der Waals surface area (Å²) in [5, 5.41) is 2.87. The first-order chi connectivity index (χ1) is 14.8. The van der Waals surface area contributed by atoms with Crippen LogP contribution in [0.25, 0.3) is 11.3 Å². The van der Waals surface area contributed by atoms with Crippen LogP contribution in [0.1, 0.15) is 30.7 Å². The second-order valence-electron chi connectivity index (χ2n) is 7.76. The van der Waals surface area contributed by atoms with Gasteiger partial charge in [-0.05, 0) is 44.0 Å². The van der Waals surface area contributed by atoms with Gasteiger partial charge in [-0.1, -0.05) is 36.2 Å². The fourth-order valence-electron chi connectivity index (χ4n) is 3.75. The van der Waals surface area contributed by atoms with Crippen molar-refractivity contribution in [1.82, 2.24) is 9.29 Å². The molecule has 3 aromatic rings. The van der Waals surface area contributed by atoms with Crippen molar-refractivity contribution in [1.29, 1.82) is 0 Å². The van der Waals surface area contributed by atoms with Gasteiger partial charge in [-0.3, -0.25) is 4.79 Å². The largest absolute Gasteiger partial charge is 0.449 e. The minimum Gasteiger partial charge on any atom is -0.449 e. The number of amides is 1. The van der Waals surface area contributed by atoms with Crippen molar-refractivity contribution in [3.63, 3.8) is 0 Å². The van der Waals surface area contributed by atoms with Crippen LogP contribution < -0.4 is 5.32 Å². The molecule has 1 aliphatic heterocycles. The predicted molar refractivity (Wildman–Crippen MR) is 118 cm³/mol. The van der Waals surface area contributed by atoms with Gasteiger partial charge in [-0.25, -0.2) is 13.4 Å². The summed E-state index contributed by atoms with van der Waals surface area (Å²) in [5.74, 6) is 0.264. The summed E-state index contributed by atoms with van der Waals surface area (Å²) < 4.78 is 33.0. The van der Waals surface area contributed by atoms with E-state index in [4.69, 9.17) is 4.42 Å². The van der Waals surface area contributed by atoms with E-state index in [0.717, 1.165) is 29.7 Å². The molecule has 31 heavy (non-hydrogen) atoms. The van der Waals surface area contributed by atoms with E-state index in [9.17, 15) is 13.2 Å². The smallest absolute Gasteiger partial charge is 0.243 e. The predicted octanol–water partition coefficient (Wildman–Crippen LogP) is 4.14. The minimum absolute atomic E-state index is 0.213. The number of oxazole rings is 1. The first-order valence-corrected chi connectivity index (χ1v) is 11.7. The molecule has 2 heterocycles. The van der Waals surface area contributed by atoms with E-state index < -0.39 is 16.1 Å². The van der Waals surface area contributed by atoms with Crippen LogP contribution in [0, 0.1) is 13.8 Å². The Bertz CT molecular complexity index is 1170. The SMILES string of the molecule is Cc1ccc(S(=O)(=O)N2CCCC[C@H]2C(=O)Nc2ccc(-c3coc(C)n3)cc2)cc1. The van der Waals surface area contributed by atoms with Gasteiger partial charge in [0, 0.05) is 24.7 Å². The average Bonchev–Trinajstić information content (AvgIpc) is 3.21. The van der Waals surface area contributed by atoms with Crippen molar-refractivity contribution in [2.45, 2.75) is 44.0 Å². The lowest BCUT2D eigenvalue weighted by atomic mass is 10.0. The van der Waals surface area contributed by atoms with Crippen LogP contribution in [-0.4, -0.2) is 36.2 Å². The summed E-state index contributed by atoms with van der Waals surface area (Å²) in [5.41, 5.74) is 3.18. The standard InChI is InChI=1S/C23H25N3O4S/c1-16-6-12-20(13-7-16)31(28,29)26-14-4-3-5-22(26)23(27)25-19-10-8-18(9-11-19)21-15-30-17(2)24-21/h6-13,15,22H,3-5,14H2,1-2H3,(H,25,27)/t22-/m0/s1. The fourth-order valence-corrected chi connectivity index (χ4v) is 5.40. The summed E-state index contributed by atoms with van der Waals surface area (Å²) in [6.07, 6.45) is 3.62. The fraction of sp³-hybridized carbons (Fsp3) is 0.304. The highest BCUT2D eigenvalue weighted by Gasteiger charge is 2.37. The molecule has 0 aliphatic carbocycles. The zero-order valence-electron chi connectivity index (χ0n) is 17.5. The number of piperidine rings is 1. The number of carbonyl (C=O) groups is 1. The zero-order chi connectivity index (χ0) is 22.0. The number of hydrogen-bond acceptors (Lipinski definition) is 5. The summed E-state index contributed by atoms with van der Waals surface area (Å²) in [4.78, 5) is 17.5. The highest BCUT2D eigenvalue weighted by atomic mass is 32.2. The second-order valence-corrected chi connectivity index (χ2v) is 9.65. The first kappa shape index (κ1) is 21.3. The third kappa shape index (κ3) is 4.55. The Hall–Kier alpha value is -2.97. The molecule has 2 aromatic carbocycles. The molecule has 7 nitrogen and oxygen atoms in total.